The van der Waals surface area contributed by atoms with Crippen LogP contribution in [0, 0.1) is 9.49 Å². The fourth-order valence-electron chi connectivity index (χ4n) is 3.36. The van der Waals surface area contributed by atoms with Gasteiger partial charge in [-0.15, -0.1) is 0 Å². The molecule has 0 radical (unpaired) electrons. The molecule has 8 heteroatoms. The number of thiocarbonyl (C=S) groups is 1. The van der Waals surface area contributed by atoms with E-state index in [2.05, 4.69) is 38.1 Å². The zero-order chi connectivity index (χ0) is 21.7. The molecule has 2 aromatic carbocycles. The Morgan fingerprint density at radius 2 is 1.63 bits per heavy atom. The molecule has 30 heavy (non-hydrogen) atoms. The van der Waals surface area contributed by atoms with Crippen molar-refractivity contribution >= 4 is 63.1 Å². The number of halogens is 1. The maximum atomic E-state index is 12.5. The van der Waals surface area contributed by atoms with Gasteiger partial charge >= 0.3 is 0 Å². The van der Waals surface area contributed by atoms with Crippen molar-refractivity contribution in [2.75, 3.05) is 36.4 Å². The van der Waals surface area contributed by atoms with Gasteiger partial charge in [0.15, 0.2) is 5.11 Å². The molecule has 2 N–H and O–H groups in total. The van der Waals surface area contributed by atoms with Crippen LogP contribution in [0.25, 0.3) is 0 Å². The maximum absolute atomic E-state index is 12.5. The van der Waals surface area contributed by atoms with Crippen LogP contribution in [0.2, 0.25) is 0 Å². The lowest BCUT2D eigenvalue weighted by Crippen LogP contribution is -2.50. The van der Waals surface area contributed by atoms with Gasteiger partial charge in [-0.3, -0.25) is 14.9 Å². The van der Waals surface area contributed by atoms with Gasteiger partial charge in [0.1, 0.15) is 0 Å². The topological polar surface area (TPSA) is 64.7 Å². The average molecular weight is 536 g/mol. The third-order valence-electron chi connectivity index (χ3n) is 4.92. The summed E-state index contributed by atoms with van der Waals surface area (Å²) in [5.41, 5.74) is 2.41. The van der Waals surface area contributed by atoms with Crippen molar-refractivity contribution in [3.05, 3.63) is 57.7 Å². The van der Waals surface area contributed by atoms with E-state index in [0.717, 1.165) is 28.0 Å². The van der Waals surface area contributed by atoms with Crippen LogP contribution in [0.15, 0.2) is 48.5 Å². The summed E-state index contributed by atoms with van der Waals surface area (Å²) in [6.07, 6.45) is 0. The van der Waals surface area contributed by atoms with E-state index in [4.69, 9.17) is 12.2 Å². The average Bonchev–Trinajstić information content (AvgIpc) is 2.74. The first-order chi connectivity index (χ1) is 14.4. The molecule has 2 amide bonds. The zero-order valence-corrected chi connectivity index (χ0v) is 20.0. The standard InChI is InChI=1S/C22H25IN4O2S/c1-15(2)21(29)27-13-11-26(12-14-27)19-10-6-5-9-18(19)24-22(30)25-20(28)16-7-3-4-8-17(16)23/h3-10,15H,11-14H2,1-2H3,(H2,24,25,28,30). The molecule has 0 spiro atoms. The Labute approximate surface area is 196 Å². The summed E-state index contributed by atoms with van der Waals surface area (Å²) in [4.78, 5) is 28.9. The molecule has 0 bridgehead atoms. The summed E-state index contributed by atoms with van der Waals surface area (Å²) in [5.74, 6) is -0.0320. The minimum atomic E-state index is -0.240. The Morgan fingerprint density at radius 1 is 1.00 bits per heavy atom. The highest BCUT2D eigenvalue weighted by atomic mass is 127. The van der Waals surface area contributed by atoms with Crippen molar-refractivity contribution < 1.29 is 9.59 Å². The highest BCUT2D eigenvalue weighted by molar-refractivity contribution is 14.1. The molecule has 3 rings (SSSR count). The highest BCUT2D eigenvalue weighted by Crippen LogP contribution is 2.27. The van der Waals surface area contributed by atoms with Crippen molar-refractivity contribution in [3.8, 4) is 0 Å². The normalized spacial score (nSPS) is 13.9. The number of para-hydroxylation sites is 2. The first-order valence-corrected chi connectivity index (χ1v) is 11.3. The van der Waals surface area contributed by atoms with Crippen molar-refractivity contribution in [3.63, 3.8) is 0 Å². The minimum absolute atomic E-state index is 0.0131. The van der Waals surface area contributed by atoms with E-state index in [-0.39, 0.29) is 22.8 Å². The maximum Gasteiger partial charge on any atom is 0.258 e. The molecule has 0 aromatic heterocycles. The zero-order valence-electron chi connectivity index (χ0n) is 17.0. The van der Waals surface area contributed by atoms with Crippen LogP contribution < -0.4 is 15.5 Å². The van der Waals surface area contributed by atoms with Gasteiger partial charge in [-0.1, -0.05) is 38.1 Å². The van der Waals surface area contributed by atoms with Gasteiger partial charge < -0.3 is 15.1 Å². The van der Waals surface area contributed by atoms with E-state index in [1.807, 2.05) is 61.2 Å². The van der Waals surface area contributed by atoms with Crippen LogP contribution in [0.1, 0.15) is 24.2 Å². The van der Waals surface area contributed by atoms with Gasteiger partial charge in [0.05, 0.1) is 16.9 Å². The Bertz CT molecular complexity index is 942. The van der Waals surface area contributed by atoms with Gasteiger partial charge in [-0.2, -0.15) is 0 Å². The van der Waals surface area contributed by atoms with Gasteiger partial charge in [0.25, 0.3) is 5.91 Å². The van der Waals surface area contributed by atoms with E-state index in [0.29, 0.717) is 18.7 Å². The lowest BCUT2D eigenvalue weighted by molar-refractivity contribution is -0.134. The molecule has 1 aliphatic rings. The molecule has 1 aliphatic heterocycles. The third-order valence-corrected chi connectivity index (χ3v) is 6.07. The number of rotatable bonds is 4. The predicted molar refractivity (Wildman–Crippen MR) is 133 cm³/mol. The SMILES string of the molecule is CC(C)C(=O)N1CCN(c2ccccc2NC(=S)NC(=O)c2ccccc2I)CC1. The number of carbonyl (C=O) groups excluding carboxylic acids is 2. The summed E-state index contributed by atoms with van der Waals surface area (Å²) in [6.45, 7) is 6.74. The Hall–Kier alpha value is -2.20. The fraction of sp³-hybridized carbons (Fsp3) is 0.318. The van der Waals surface area contributed by atoms with Crippen LogP contribution in [-0.4, -0.2) is 48.0 Å². The molecule has 6 nitrogen and oxygen atoms in total. The number of amides is 2. The lowest BCUT2D eigenvalue weighted by atomic mass is 10.1. The molecule has 0 atom stereocenters. The number of anilines is 2. The van der Waals surface area contributed by atoms with Gasteiger partial charge in [0, 0.05) is 35.7 Å². The summed E-state index contributed by atoms with van der Waals surface area (Å²) in [6, 6.07) is 15.2. The fourth-order valence-corrected chi connectivity index (χ4v) is 4.19. The molecule has 0 aliphatic carbocycles. The van der Waals surface area contributed by atoms with Gasteiger partial charge in [0.2, 0.25) is 5.91 Å². The van der Waals surface area contributed by atoms with E-state index in [1.54, 1.807) is 6.07 Å². The second kappa shape index (κ2) is 10.2. The number of benzene rings is 2. The summed E-state index contributed by atoms with van der Waals surface area (Å²) < 4.78 is 0.865. The smallest absolute Gasteiger partial charge is 0.258 e. The van der Waals surface area contributed by atoms with E-state index < -0.39 is 0 Å². The Morgan fingerprint density at radius 3 is 2.30 bits per heavy atom. The van der Waals surface area contributed by atoms with Crippen LogP contribution in [0.5, 0.6) is 0 Å². The van der Waals surface area contributed by atoms with E-state index >= 15 is 0 Å². The van der Waals surface area contributed by atoms with Gasteiger partial charge in [-0.05, 0) is 59.1 Å². The number of nitrogens with zero attached hydrogens (tertiary/aromatic N) is 2. The molecule has 158 valence electrons. The molecule has 0 unspecified atom stereocenters. The van der Waals surface area contributed by atoms with Gasteiger partial charge in [-0.25, -0.2) is 0 Å². The number of hydrogen-bond acceptors (Lipinski definition) is 4. The number of piperazine rings is 1. The van der Waals surface area contributed by atoms with Crippen LogP contribution in [0.3, 0.4) is 0 Å². The largest absolute Gasteiger partial charge is 0.366 e. The third kappa shape index (κ3) is 5.48. The number of nitrogens with one attached hydrogen (secondary N) is 2. The summed E-state index contributed by atoms with van der Waals surface area (Å²) in [7, 11) is 0. The first-order valence-electron chi connectivity index (χ1n) is 9.86. The number of carbonyl (C=O) groups is 2. The summed E-state index contributed by atoms with van der Waals surface area (Å²) in [5, 5.41) is 6.16. The van der Waals surface area contributed by atoms with Crippen LogP contribution in [-0.2, 0) is 4.79 Å². The van der Waals surface area contributed by atoms with E-state index in [9.17, 15) is 9.59 Å². The van der Waals surface area contributed by atoms with E-state index in [1.165, 1.54) is 0 Å². The van der Waals surface area contributed by atoms with Crippen LogP contribution >= 0.6 is 34.8 Å². The van der Waals surface area contributed by atoms with Crippen molar-refractivity contribution in [1.29, 1.82) is 0 Å². The number of hydrogen-bond donors (Lipinski definition) is 2. The Balaban J connectivity index is 1.64. The second-order valence-corrected chi connectivity index (χ2v) is 8.94. The van der Waals surface area contributed by atoms with Crippen molar-refractivity contribution in [2.45, 2.75) is 13.8 Å². The molecule has 1 fully saturated rings. The highest BCUT2D eigenvalue weighted by Gasteiger charge is 2.24. The predicted octanol–water partition coefficient (Wildman–Crippen LogP) is 3.72. The second-order valence-electron chi connectivity index (χ2n) is 7.37. The van der Waals surface area contributed by atoms with Crippen LogP contribution in [0.4, 0.5) is 11.4 Å². The molecule has 2 aromatic rings. The summed E-state index contributed by atoms with van der Waals surface area (Å²) >= 11 is 7.51. The molecule has 0 saturated carbocycles. The molecule has 1 heterocycles. The Kier molecular flexibility index (Phi) is 7.65. The first kappa shape index (κ1) is 22.5. The lowest BCUT2D eigenvalue weighted by Gasteiger charge is -2.37. The quantitative estimate of drug-likeness (QED) is 0.461. The minimum Gasteiger partial charge on any atom is -0.366 e. The molecule has 1 saturated heterocycles. The molecular weight excluding hydrogens is 511 g/mol. The van der Waals surface area contributed by atoms with Crippen molar-refractivity contribution in [2.24, 2.45) is 5.92 Å². The monoisotopic (exact) mass is 536 g/mol. The molecular formula is C22H25IN4O2S. The van der Waals surface area contributed by atoms with Crippen molar-refractivity contribution in [1.82, 2.24) is 10.2 Å².